The van der Waals surface area contributed by atoms with Crippen molar-refractivity contribution in [2.75, 3.05) is 6.61 Å². The van der Waals surface area contributed by atoms with Crippen LogP contribution in [0.25, 0.3) is 0 Å². The molecule has 0 rings (SSSR count). The van der Waals surface area contributed by atoms with Gasteiger partial charge in [-0.05, 0) is 12.3 Å². The normalized spacial score (nSPS) is 12.5. The van der Waals surface area contributed by atoms with Crippen molar-refractivity contribution in [2.45, 2.75) is 39.5 Å². The number of ether oxygens (including phenoxy) is 1. The molecule has 0 aliphatic carbocycles. The van der Waals surface area contributed by atoms with Crippen molar-refractivity contribution in [1.82, 2.24) is 0 Å². The number of hydrogen-bond acceptors (Lipinski definition) is 1. The third-order valence-corrected chi connectivity index (χ3v) is 1.99. The molecule has 0 saturated heterocycles. The fourth-order valence-electron chi connectivity index (χ4n) is 1.10. The van der Waals surface area contributed by atoms with E-state index < -0.39 is 0 Å². The molecule has 0 fully saturated rings. The SMILES string of the molecule is C=COC[C@@H](CC)CCCC. The van der Waals surface area contributed by atoms with Crippen LogP contribution >= 0.6 is 0 Å². The van der Waals surface area contributed by atoms with Gasteiger partial charge in [-0.1, -0.05) is 39.7 Å². The summed E-state index contributed by atoms with van der Waals surface area (Å²) in [6.07, 6.45) is 6.65. The minimum absolute atomic E-state index is 0.730. The minimum Gasteiger partial charge on any atom is -0.502 e. The Morgan fingerprint density at radius 3 is 2.64 bits per heavy atom. The second-order valence-corrected chi connectivity index (χ2v) is 2.92. The summed E-state index contributed by atoms with van der Waals surface area (Å²) in [6.45, 7) is 8.81. The maximum atomic E-state index is 5.15. The molecule has 0 aromatic rings. The lowest BCUT2D eigenvalue weighted by Gasteiger charge is -2.12. The van der Waals surface area contributed by atoms with Crippen LogP contribution in [0.5, 0.6) is 0 Å². The van der Waals surface area contributed by atoms with Crippen LogP contribution < -0.4 is 0 Å². The van der Waals surface area contributed by atoms with Crippen molar-refractivity contribution in [3.05, 3.63) is 12.8 Å². The van der Waals surface area contributed by atoms with Crippen molar-refractivity contribution in [1.29, 1.82) is 0 Å². The first kappa shape index (κ1) is 10.5. The van der Waals surface area contributed by atoms with E-state index in [1.54, 1.807) is 0 Å². The van der Waals surface area contributed by atoms with Crippen molar-refractivity contribution in [3.8, 4) is 0 Å². The first-order chi connectivity index (χ1) is 5.35. The van der Waals surface area contributed by atoms with E-state index in [1.165, 1.54) is 31.9 Å². The Bertz CT molecular complexity index is 88.9. The maximum Gasteiger partial charge on any atom is 0.0901 e. The van der Waals surface area contributed by atoms with Crippen LogP contribution in [0.4, 0.5) is 0 Å². The molecule has 0 aliphatic heterocycles. The number of hydrogen-bond donors (Lipinski definition) is 0. The van der Waals surface area contributed by atoms with Crippen LogP contribution in [0, 0.1) is 5.92 Å². The molecule has 1 nitrogen and oxygen atoms in total. The quantitative estimate of drug-likeness (QED) is 0.513. The molecule has 0 heterocycles. The van der Waals surface area contributed by atoms with Gasteiger partial charge >= 0.3 is 0 Å². The van der Waals surface area contributed by atoms with E-state index in [1.807, 2.05) is 0 Å². The van der Waals surface area contributed by atoms with Crippen molar-refractivity contribution in [3.63, 3.8) is 0 Å². The molecule has 0 aliphatic rings. The Morgan fingerprint density at radius 1 is 1.45 bits per heavy atom. The van der Waals surface area contributed by atoms with E-state index in [0.29, 0.717) is 0 Å². The summed E-state index contributed by atoms with van der Waals surface area (Å²) in [5, 5.41) is 0. The molecule has 0 N–H and O–H groups in total. The molecule has 66 valence electrons. The predicted molar refractivity (Wildman–Crippen MR) is 49.5 cm³/mol. The van der Waals surface area contributed by atoms with E-state index in [0.717, 1.165) is 12.5 Å². The zero-order chi connectivity index (χ0) is 8.53. The molecule has 0 bridgehead atoms. The Morgan fingerprint density at radius 2 is 2.18 bits per heavy atom. The topological polar surface area (TPSA) is 9.23 Å². The first-order valence-corrected chi connectivity index (χ1v) is 4.57. The summed E-state index contributed by atoms with van der Waals surface area (Å²) in [6, 6.07) is 0. The van der Waals surface area contributed by atoms with Gasteiger partial charge in [0.05, 0.1) is 12.9 Å². The molecule has 1 heteroatoms. The maximum absolute atomic E-state index is 5.15. The second-order valence-electron chi connectivity index (χ2n) is 2.92. The highest BCUT2D eigenvalue weighted by atomic mass is 16.5. The van der Waals surface area contributed by atoms with Gasteiger partial charge in [0.2, 0.25) is 0 Å². The molecule has 0 aromatic heterocycles. The van der Waals surface area contributed by atoms with E-state index in [2.05, 4.69) is 20.4 Å². The van der Waals surface area contributed by atoms with Crippen molar-refractivity contribution in [2.24, 2.45) is 5.92 Å². The lowest BCUT2D eigenvalue weighted by atomic mass is 10.0. The van der Waals surface area contributed by atoms with Crippen LogP contribution in [-0.4, -0.2) is 6.61 Å². The van der Waals surface area contributed by atoms with Gasteiger partial charge in [0.15, 0.2) is 0 Å². The fraction of sp³-hybridized carbons (Fsp3) is 0.800. The standard InChI is InChI=1S/C10H20O/c1-4-7-8-10(5-2)9-11-6-3/h6,10H,3-5,7-9H2,1-2H3/t10-/m0/s1. The Balaban J connectivity index is 3.32. The van der Waals surface area contributed by atoms with Crippen LogP contribution in [0.2, 0.25) is 0 Å². The molecule has 0 amide bonds. The van der Waals surface area contributed by atoms with Gasteiger partial charge in [-0.3, -0.25) is 0 Å². The molecule has 0 unspecified atom stereocenters. The largest absolute Gasteiger partial charge is 0.502 e. The van der Waals surface area contributed by atoms with Gasteiger partial charge in [0, 0.05) is 0 Å². The molecule has 0 aromatic carbocycles. The van der Waals surface area contributed by atoms with E-state index in [4.69, 9.17) is 4.74 Å². The Labute approximate surface area is 70.4 Å². The lowest BCUT2D eigenvalue weighted by Crippen LogP contribution is -2.05. The van der Waals surface area contributed by atoms with Crippen molar-refractivity contribution < 1.29 is 4.74 Å². The average Bonchev–Trinajstić information content (AvgIpc) is 2.05. The van der Waals surface area contributed by atoms with Gasteiger partial charge < -0.3 is 4.74 Å². The van der Waals surface area contributed by atoms with Crippen LogP contribution in [-0.2, 0) is 4.74 Å². The Hall–Kier alpha value is -0.460. The molecule has 0 saturated carbocycles. The van der Waals surface area contributed by atoms with Crippen LogP contribution in [0.1, 0.15) is 39.5 Å². The Kier molecular flexibility index (Phi) is 7.33. The molecule has 11 heavy (non-hydrogen) atoms. The highest BCUT2D eigenvalue weighted by Gasteiger charge is 2.04. The summed E-state index contributed by atoms with van der Waals surface area (Å²) < 4.78 is 5.15. The van der Waals surface area contributed by atoms with Gasteiger partial charge in [-0.25, -0.2) is 0 Å². The third-order valence-electron chi connectivity index (χ3n) is 1.99. The van der Waals surface area contributed by atoms with Crippen LogP contribution in [0.3, 0.4) is 0 Å². The highest BCUT2D eigenvalue weighted by Crippen LogP contribution is 2.12. The summed E-state index contributed by atoms with van der Waals surface area (Å²) in [7, 11) is 0. The monoisotopic (exact) mass is 156 g/mol. The molecule has 0 radical (unpaired) electrons. The number of rotatable bonds is 7. The molecule has 0 spiro atoms. The fourth-order valence-corrected chi connectivity index (χ4v) is 1.10. The highest BCUT2D eigenvalue weighted by molar-refractivity contribution is 4.58. The zero-order valence-corrected chi connectivity index (χ0v) is 7.81. The zero-order valence-electron chi connectivity index (χ0n) is 7.81. The second kappa shape index (κ2) is 7.64. The van der Waals surface area contributed by atoms with E-state index >= 15 is 0 Å². The van der Waals surface area contributed by atoms with Gasteiger partial charge in [-0.2, -0.15) is 0 Å². The summed E-state index contributed by atoms with van der Waals surface area (Å²) in [5.74, 6) is 0.730. The summed E-state index contributed by atoms with van der Waals surface area (Å²) in [5.41, 5.74) is 0. The smallest absolute Gasteiger partial charge is 0.0901 e. The van der Waals surface area contributed by atoms with Gasteiger partial charge in [0.1, 0.15) is 0 Å². The summed E-state index contributed by atoms with van der Waals surface area (Å²) in [4.78, 5) is 0. The van der Waals surface area contributed by atoms with Gasteiger partial charge in [-0.15, -0.1) is 0 Å². The number of unbranched alkanes of at least 4 members (excludes halogenated alkanes) is 1. The molecular formula is C10H20O. The third kappa shape index (κ3) is 5.96. The average molecular weight is 156 g/mol. The summed E-state index contributed by atoms with van der Waals surface area (Å²) >= 11 is 0. The molecular weight excluding hydrogens is 136 g/mol. The minimum atomic E-state index is 0.730. The van der Waals surface area contributed by atoms with E-state index in [9.17, 15) is 0 Å². The molecule has 1 atom stereocenters. The first-order valence-electron chi connectivity index (χ1n) is 4.57. The van der Waals surface area contributed by atoms with E-state index in [-0.39, 0.29) is 0 Å². The van der Waals surface area contributed by atoms with Crippen LogP contribution in [0.15, 0.2) is 12.8 Å². The van der Waals surface area contributed by atoms with Gasteiger partial charge in [0.25, 0.3) is 0 Å². The lowest BCUT2D eigenvalue weighted by molar-refractivity contribution is 0.184. The predicted octanol–water partition coefficient (Wildman–Crippen LogP) is 3.36. The van der Waals surface area contributed by atoms with Crippen molar-refractivity contribution >= 4 is 0 Å².